The van der Waals surface area contributed by atoms with Crippen molar-refractivity contribution in [2.75, 3.05) is 31.2 Å². The number of hydrogen-bond acceptors (Lipinski definition) is 4. The lowest BCUT2D eigenvalue weighted by molar-refractivity contribution is 0.332. The first kappa shape index (κ1) is 15.4. The van der Waals surface area contributed by atoms with Gasteiger partial charge in [-0.05, 0) is 26.7 Å². The number of hydrogen-bond donors (Lipinski definition) is 0. The number of ether oxygens (including phenoxy) is 2. The van der Waals surface area contributed by atoms with E-state index in [0.29, 0.717) is 24.7 Å². The van der Waals surface area contributed by atoms with E-state index in [-0.39, 0.29) is 0 Å². The minimum atomic E-state index is 0.416. The molecular formula is C16H24N3O2+. The molecule has 0 spiro atoms. The van der Waals surface area contributed by atoms with E-state index in [9.17, 15) is 0 Å². The Balaban J connectivity index is 2.39. The zero-order valence-electron chi connectivity index (χ0n) is 13.0. The standard InChI is InChI=1S/C16H24N3O2/c1-3-20-15-12-14(19-9-7-5-6-8-10-19)16(21-4-2)11-13(15)18-17/h11-12H,3-10H2,1-2H3/q+1. The first-order valence-electron chi connectivity index (χ1n) is 7.83. The maximum Gasteiger partial charge on any atom is 0.430 e. The van der Waals surface area contributed by atoms with Gasteiger partial charge in [0, 0.05) is 19.2 Å². The van der Waals surface area contributed by atoms with Crippen LogP contribution in [0.3, 0.4) is 0 Å². The highest BCUT2D eigenvalue weighted by Gasteiger charge is 2.24. The summed E-state index contributed by atoms with van der Waals surface area (Å²) in [5.74, 6) is 1.36. The molecule has 1 saturated heterocycles. The molecule has 5 heteroatoms. The Bertz CT molecular complexity index is 503. The van der Waals surface area contributed by atoms with Crippen molar-refractivity contribution in [1.29, 1.82) is 5.39 Å². The molecule has 0 unspecified atom stereocenters. The van der Waals surface area contributed by atoms with Crippen molar-refractivity contribution < 1.29 is 9.47 Å². The number of benzene rings is 1. The lowest BCUT2D eigenvalue weighted by Crippen LogP contribution is -2.24. The van der Waals surface area contributed by atoms with Gasteiger partial charge in [-0.2, -0.15) is 0 Å². The summed E-state index contributed by atoms with van der Waals surface area (Å²) in [6.45, 7) is 7.06. The Morgan fingerprint density at radius 1 is 1.00 bits per heavy atom. The van der Waals surface area contributed by atoms with Crippen LogP contribution in [0.5, 0.6) is 11.5 Å². The van der Waals surface area contributed by atoms with Gasteiger partial charge in [0.25, 0.3) is 0 Å². The minimum absolute atomic E-state index is 0.416. The molecule has 0 saturated carbocycles. The van der Waals surface area contributed by atoms with Crippen molar-refractivity contribution in [3.8, 4) is 11.5 Å². The van der Waals surface area contributed by atoms with Crippen LogP contribution in [-0.4, -0.2) is 26.3 Å². The molecule has 0 bridgehead atoms. The summed E-state index contributed by atoms with van der Waals surface area (Å²) < 4.78 is 11.3. The van der Waals surface area contributed by atoms with E-state index in [1.165, 1.54) is 25.7 Å². The molecule has 1 aromatic carbocycles. The van der Waals surface area contributed by atoms with Crippen molar-refractivity contribution in [2.45, 2.75) is 39.5 Å². The second-order valence-electron chi connectivity index (χ2n) is 5.15. The summed E-state index contributed by atoms with van der Waals surface area (Å²) in [5.41, 5.74) is 1.45. The van der Waals surface area contributed by atoms with Crippen LogP contribution in [0, 0.1) is 5.39 Å². The Morgan fingerprint density at radius 2 is 1.62 bits per heavy atom. The van der Waals surface area contributed by atoms with Gasteiger partial charge in [0.2, 0.25) is 11.1 Å². The highest BCUT2D eigenvalue weighted by atomic mass is 16.5. The van der Waals surface area contributed by atoms with Gasteiger partial charge in [0.05, 0.1) is 25.0 Å². The molecule has 21 heavy (non-hydrogen) atoms. The molecule has 0 radical (unpaired) electrons. The maximum absolute atomic E-state index is 9.16. The maximum atomic E-state index is 9.16. The molecule has 1 aliphatic heterocycles. The van der Waals surface area contributed by atoms with Gasteiger partial charge in [-0.15, -0.1) is 0 Å². The third kappa shape index (κ3) is 3.78. The average molecular weight is 290 g/mol. The normalized spacial score (nSPS) is 15.2. The van der Waals surface area contributed by atoms with Crippen LogP contribution in [0.4, 0.5) is 11.4 Å². The topological polar surface area (TPSA) is 49.9 Å². The zero-order chi connectivity index (χ0) is 15.1. The van der Waals surface area contributed by atoms with Crippen LogP contribution in [0.15, 0.2) is 12.1 Å². The van der Waals surface area contributed by atoms with Crippen LogP contribution in [-0.2, 0) is 0 Å². The van der Waals surface area contributed by atoms with Crippen molar-refractivity contribution in [2.24, 2.45) is 0 Å². The minimum Gasteiger partial charge on any atom is -0.491 e. The fourth-order valence-electron chi connectivity index (χ4n) is 2.72. The van der Waals surface area contributed by atoms with E-state index in [2.05, 4.69) is 9.88 Å². The summed E-state index contributed by atoms with van der Waals surface area (Å²) in [6.07, 6.45) is 4.95. The van der Waals surface area contributed by atoms with E-state index in [4.69, 9.17) is 14.9 Å². The number of diazo groups is 1. The summed E-state index contributed by atoms with van der Waals surface area (Å²) in [7, 11) is 0. The van der Waals surface area contributed by atoms with Crippen molar-refractivity contribution in [3.05, 3.63) is 17.1 Å². The fraction of sp³-hybridized carbons (Fsp3) is 0.625. The van der Waals surface area contributed by atoms with Gasteiger partial charge in [0.1, 0.15) is 0 Å². The summed E-state index contributed by atoms with van der Waals surface area (Å²) in [6, 6.07) is 3.70. The van der Waals surface area contributed by atoms with Gasteiger partial charge in [-0.3, -0.25) is 0 Å². The van der Waals surface area contributed by atoms with E-state index in [1.807, 2.05) is 19.9 Å². The predicted octanol–water partition coefficient (Wildman–Crippen LogP) is 4.35. The highest BCUT2D eigenvalue weighted by molar-refractivity contribution is 5.72. The quantitative estimate of drug-likeness (QED) is 0.756. The lowest BCUT2D eigenvalue weighted by atomic mass is 10.2. The molecule has 0 aromatic heterocycles. The van der Waals surface area contributed by atoms with Crippen molar-refractivity contribution >= 4 is 11.4 Å². The third-order valence-electron chi connectivity index (χ3n) is 3.69. The van der Waals surface area contributed by atoms with E-state index >= 15 is 0 Å². The summed E-state index contributed by atoms with van der Waals surface area (Å²) in [4.78, 5) is 5.66. The Kier molecular flexibility index (Phi) is 5.68. The Labute approximate surface area is 126 Å². The van der Waals surface area contributed by atoms with Gasteiger partial charge in [-0.1, -0.05) is 12.8 Å². The average Bonchev–Trinajstić information content (AvgIpc) is 2.78. The zero-order valence-corrected chi connectivity index (χ0v) is 13.0. The molecule has 1 heterocycles. The molecule has 0 N–H and O–H groups in total. The first-order valence-corrected chi connectivity index (χ1v) is 7.83. The van der Waals surface area contributed by atoms with Crippen molar-refractivity contribution in [3.63, 3.8) is 0 Å². The lowest BCUT2D eigenvalue weighted by Gasteiger charge is -2.25. The molecule has 5 nitrogen and oxygen atoms in total. The molecule has 2 rings (SSSR count). The van der Waals surface area contributed by atoms with Crippen LogP contribution >= 0.6 is 0 Å². The fourth-order valence-corrected chi connectivity index (χ4v) is 2.72. The first-order chi connectivity index (χ1) is 10.3. The predicted molar refractivity (Wildman–Crippen MR) is 84.2 cm³/mol. The number of rotatable bonds is 5. The van der Waals surface area contributed by atoms with E-state index in [1.54, 1.807) is 6.07 Å². The van der Waals surface area contributed by atoms with Crippen molar-refractivity contribution in [1.82, 2.24) is 0 Å². The molecule has 1 fully saturated rings. The molecular weight excluding hydrogens is 266 g/mol. The van der Waals surface area contributed by atoms with Gasteiger partial charge in [0.15, 0.2) is 10.7 Å². The monoisotopic (exact) mass is 290 g/mol. The summed E-state index contributed by atoms with van der Waals surface area (Å²) in [5, 5.41) is 9.16. The van der Waals surface area contributed by atoms with Gasteiger partial charge >= 0.3 is 5.69 Å². The highest BCUT2D eigenvalue weighted by Crippen LogP contribution is 2.41. The molecule has 1 aliphatic rings. The van der Waals surface area contributed by atoms with E-state index in [0.717, 1.165) is 24.5 Å². The molecule has 1 aromatic rings. The molecule has 114 valence electrons. The summed E-state index contributed by atoms with van der Waals surface area (Å²) >= 11 is 0. The third-order valence-corrected chi connectivity index (χ3v) is 3.69. The number of nitrogens with zero attached hydrogens (tertiary/aromatic N) is 3. The smallest absolute Gasteiger partial charge is 0.430 e. The second-order valence-corrected chi connectivity index (χ2v) is 5.15. The molecule has 0 atom stereocenters. The van der Waals surface area contributed by atoms with Gasteiger partial charge < -0.3 is 14.4 Å². The number of anilines is 1. The van der Waals surface area contributed by atoms with Crippen LogP contribution in [0.1, 0.15) is 39.5 Å². The molecule has 0 amide bonds. The SMILES string of the molecule is CCOc1cc(N2CCCCCC2)c(OCC)cc1[N+]#N. The Morgan fingerprint density at radius 3 is 2.19 bits per heavy atom. The van der Waals surface area contributed by atoms with Gasteiger partial charge in [-0.25, -0.2) is 0 Å². The largest absolute Gasteiger partial charge is 0.491 e. The van der Waals surface area contributed by atoms with Crippen LogP contribution < -0.4 is 14.4 Å². The van der Waals surface area contributed by atoms with E-state index < -0.39 is 0 Å². The van der Waals surface area contributed by atoms with Crippen LogP contribution in [0.25, 0.3) is 4.98 Å². The molecule has 0 aliphatic carbocycles. The Hall–Kier alpha value is -1.96. The second kappa shape index (κ2) is 7.72. The van der Waals surface area contributed by atoms with Crippen LogP contribution in [0.2, 0.25) is 0 Å².